The number of carboxylic acid groups (broad SMARTS) is 1. The molecule has 0 amide bonds. The first-order chi connectivity index (χ1) is 8.36. The molecule has 0 heterocycles. The number of hydrogen-bond acceptors (Lipinski definition) is 3. The van der Waals surface area contributed by atoms with Crippen LogP contribution >= 0.6 is 0 Å². The molecule has 0 saturated carbocycles. The highest BCUT2D eigenvalue weighted by atomic mass is 19.4. The van der Waals surface area contributed by atoms with Gasteiger partial charge in [0.05, 0.1) is 17.7 Å². The minimum absolute atomic E-state index is 0.162. The second-order valence-electron chi connectivity index (χ2n) is 3.48. The topological polar surface area (TPSA) is 58.6 Å². The van der Waals surface area contributed by atoms with Crippen molar-refractivity contribution in [3.8, 4) is 0 Å². The molecule has 0 atom stereocenters. The van der Waals surface area contributed by atoms with Gasteiger partial charge in [-0.15, -0.1) is 0 Å². The fraction of sp³-hybridized carbons (Fsp3) is 0.364. The predicted molar refractivity (Wildman–Crippen MR) is 58.8 cm³/mol. The molecule has 1 aromatic rings. The van der Waals surface area contributed by atoms with Gasteiger partial charge in [0.25, 0.3) is 0 Å². The summed E-state index contributed by atoms with van der Waals surface area (Å²) in [7, 11) is 1.43. The second kappa shape index (κ2) is 5.72. The van der Waals surface area contributed by atoms with Crippen LogP contribution in [0, 0.1) is 0 Å². The number of halogens is 3. The number of methoxy groups -OCH3 is 1. The molecule has 18 heavy (non-hydrogen) atoms. The molecule has 0 aromatic heterocycles. The zero-order chi connectivity index (χ0) is 13.8. The van der Waals surface area contributed by atoms with Gasteiger partial charge in [-0.05, 0) is 18.2 Å². The summed E-state index contributed by atoms with van der Waals surface area (Å²) in [6.07, 6.45) is -4.61. The van der Waals surface area contributed by atoms with Gasteiger partial charge < -0.3 is 15.2 Å². The molecule has 4 nitrogen and oxygen atoms in total. The summed E-state index contributed by atoms with van der Waals surface area (Å²) in [4.78, 5) is 10.6. The van der Waals surface area contributed by atoms with Crippen LogP contribution in [-0.4, -0.2) is 31.3 Å². The van der Waals surface area contributed by atoms with Gasteiger partial charge >= 0.3 is 12.1 Å². The van der Waals surface area contributed by atoms with Gasteiger partial charge in [0, 0.05) is 19.3 Å². The number of hydrogen-bond donors (Lipinski definition) is 2. The average molecular weight is 263 g/mol. The molecule has 0 fully saturated rings. The quantitative estimate of drug-likeness (QED) is 0.801. The van der Waals surface area contributed by atoms with Crippen molar-refractivity contribution in [1.29, 1.82) is 0 Å². The first kappa shape index (κ1) is 14.3. The van der Waals surface area contributed by atoms with Gasteiger partial charge in [-0.25, -0.2) is 4.79 Å². The van der Waals surface area contributed by atoms with Crippen molar-refractivity contribution in [1.82, 2.24) is 0 Å². The molecule has 1 aromatic carbocycles. The van der Waals surface area contributed by atoms with Crippen LogP contribution in [0.3, 0.4) is 0 Å². The molecule has 0 bridgehead atoms. The van der Waals surface area contributed by atoms with Crippen molar-refractivity contribution < 1.29 is 27.8 Å². The zero-order valence-corrected chi connectivity index (χ0v) is 9.54. The maximum absolute atomic E-state index is 12.7. The highest BCUT2D eigenvalue weighted by Crippen LogP contribution is 2.35. The molecule has 0 aliphatic heterocycles. The third-order valence-corrected chi connectivity index (χ3v) is 2.19. The van der Waals surface area contributed by atoms with E-state index >= 15 is 0 Å². The minimum Gasteiger partial charge on any atom is -0.478 e. The highest BCUT2D eigenvalue weighted by molar-refractivity contribution is 5.88. The van der Waals surface area contributed by atoms with Gasteiger partial charge in [0.15, 0.2) is 0 Å². The SMILES string of the molecule is COCCNc1ccc(C(=O)O)cc1C(F)(F)F. The van der Waals surface area contributed by atoms with Crippen LogP contribution in [0.5, 0.6) is 0 Å². The number of anilines is 1. The van der Waals surface area contributed by atoms with Crippen molar-refractivity contribution in [2.45, 2.75) is 6.18 Å². The van der Waals surface area contributed by atoms with E-state index in [1.165, 1.54) is 7.11 Å². The fourth-order valence-electron chi connectivity index (χ4n) is 1.35. The minimum atomic E-state index is -4.61. The summed E-state index contributed by atoms with van der Waals surface area (Å²) in [5.74, 6) is -1.40. The first-order valence-corrected chi connectivity index (χ1v) is 5.03. The molecule has 0 aliphatic carbocycles. The third-order valence-electron chi connectivity index (χ3n) is 2.19. The molecule has 0 radical (unpaired) electrons. The number of aromatic carboxylic acids is 1. The predicted octanol–water partition coefficient (Wildman–Crippen LogP) is 2.46. The van der Waals surface area contributed by atoms with Crippen LogP contribution in [0.1, 0.15) is 15.9 Å². The third kappa shape index (κ3) is 3.63. The van der Waals surface area contributed by atoms with Gasteiger partial charge in [-0.2, -0.15) is 13.2 Å². The molecule has 0 spiro atoms. The monoisotopic (exact) mass is 263 g/mol. The largest absolute Gasteiger partial charge is 0.478 e. The molecule has 7 heteroatoms. The van der Waals surface area contributed by atoms with Crippen LogP contribution in [0.4, 0.5) is 18.9 Å². The lowest BCUT2D eigenvalue weighted by Crippen LogP contribution is -2.15. The summed E-state index contributed by atoms with van der Waals surface area (Å²) in [5, 5.41) is 11.2. The summed E-state index contributed by atoms with van der Waals surface area (Å²) >= 11 is 0. The Hall–Kier alpha value is -1.76. The number of rotatable bonds is 5. The van der Waals surface area contributed by atoms with Gasteiger partial charge in [-0.3, -0.25) is 0 Å². The Morgan fingerprint density at radius 1 is 1.44 bits per heavy atom. The van der Waals surface area contributed by atoms with E-state index in [-0.39, 0.29) is 18.8 Å². The Bertz CT molecular complexity index is 432. The Morgan fingerprint density at radius 2 is 2.11 bits per heavy atom. The normalized spacial score (nSPS) is 11.3. The smallest absolute Gasteiger partial charge is 0.418 e. The summed E-state index contributed by atoms with van der Waals surface area (Å²) in [6.45, 7) is 0.448. The Labute approximate surface area is 101 Å². The van der Waals surface area contributed by atoms with Crippen LogP contribution in [0.25, 0.3) is 0 Å². The van der Waals surface area contributed by atoms with E-state index in [2.05, 4.69) is 5.32 Å². The summed E-state index contributed by atoms with van der Waals surface area (Å²) in [6, 6.07) is 2.83. The van der Waals surface area contributed by atoms with Crippen LogP contribution < -0.4 is 5.32 Å². The molecular formula is C11H12F3NO3. The number of nitrogens with one attached hydrogen (secondary N) is 1. The van der Waals surface area contributed by atoms with E-state index in [1.54, 1.807) is 0 Å². The number of ether oxygens (including phenoxy) is 1. The Morgan fingerprint density at radius 3 is 2.61 bits per heavy atom. The van der Waals surface area contributed by atoms with Crippen molar-refractivity contribution in [2.75, 3.05) is 25.6 Å². The standard InChI is InChI=1S/C11H12F3NO3/c1-18-5-4-15-9-3-2-7(10(16)17)6-8(9)11(12,13)14/h2-3,6,15H,4-5H2,1H3,(H,16,17). The Kier molecular flexibility index (Phi) is 4.55. The maximum atomic E-state index is 12.7. The summed E-state index contributed by atoms with van der Waals surface area (Å²) < 4.78 is 42.9. The number of benzene rings is 1. The van der Waals surface area contributed by atoms with E-state index in [4.69, 9.17) is 9.84 Å². The highest BCUT2D eigenvalue weighted by Gasteiger charge is 2.34. The number of carboxylic acids is 1. The van der Waals surface area contributed by atoms with Crippen molar-refractivity contribution in [3.63, 3.8) is 0 Å². The molecule has 0 aliphatic rings. The molecule has 2 N–H and O–H groups in total. The van der Waals surface area contributed by atoms with E-state index in [0.29, 0.717) is 6.07 Å². The van der Waals surface area contributed by atoms with Gasteiger partial charge in [-0.1, -0.05) is 0 Å². The van der Waals surface area contributed by atoms with Crippen molar-refractivity contribution in [2.24, 2.45) is 0 Å². The van der Waals surface area contributed by atoms with Crippen molar-refractivity contribution >= 4 is 11.7 Å². The molecular weight excluding hydrogens is 251 g/mol. The van der Waals surface area contributed by atoms with Gasteiger partial charge in [0.1, 0.15) is 0 Å². The lowest BCUT2D eigenvalue weighted by Gasteiger charge is -2.15. The Balaban J connectivity index is 3.05. The van der Waals surface area contributed by atoms with E-state index in [9.17, 15) is 18.0 Å². The lowest BCUT2D eigenvalue weighted by molar-refractivity contribution is -0.137. The van der Waals surface area contributed by atoms with E-state index in [0.717, 1.165) is 12.1 Å². The average Bonchev–Trinajstić information content (AvgIpc) is 2.28. The zero-order valence-electron chi connectivity index (χ0n) is 9.54. The fourth-order valence-corrected chi connectivity index (χ4v) is 1.35. The molecule has 100 valence electrons. The number of carbonyl (C=O) groups is 1. The number of alkyl halides is 3. The maximum Gasteiger partial charge on any atom is 0.418 e. The summed E-state index contributed by atoms with van der Waals surface area (Å²) in [5.41, 5.74) is -1.57. The van der Waals surface area contributed by atoms with Crippen LogP contribution in [0.2, 0.25) is 0 Å². The molecule has 0 unspecified atom stereocenters. The molecule has 0 saturated heterocycles. The van der Waals surface area contributed by atoms with Crippen LogP contribution in [-0.2, 0) is 10.9 Å². The van der Waals surface area contributed by atoms with E-state index < -0.39 is 23.3 Å². The van der Waals surface area contributed by atoms with Gasteiger partial charge in [0.2, 0.25) is 0 Å². The molecule has 1 rings (SSSR count). The van der Waals surface area contributed by atoms with Crippen LogP contribution in [0.15, 0.2) is 18.2 Å². The first-order valence-electron chi connectivity index (χ1n) is 5.03. The lowest BCUT2D eigenvalue weighted by atomic mass is 10.1. The van der Waals surface area contributed by atoms with Crippen molar-refractivity contribution in [3.05, 3.63) is 29.3 Å². The second-order valence-corrected chi connectivity index (χ2v) is 3.48. The van der Waals surface area contributed by atoms with E-state index in [1.807, 2.05) is 0 Å².